The van der Waals surface area contributed by atoms with E-state index in [1.54, 1.807) is 30.5 Å². The summed E-state index contributed by atoms with van der Waals surface area (Å²) in [7, 11) is 0. The molecule has 0 bridgehead atoms. The highest BCUT2D eigenvalue weighted by molar-refractivity contribution is 6.30. The number of hydrogen-bond acceptors (Lipinski definition) is 3. The van der Waals surface area contributed by atoms with Gasteiger partial charge < -0.3 is 5.11 Å². The van der Waals surface area contributed by atoms with Crippen molar-refractivity contribution >= 4 is 29.2 Å². The number of aromatic carboxylic acids is 1. The molecule has 31 heavy (non-hydrogen) atoms. The van der Waals surface area contributed by atoms with Gasteiger partial charge in [0.05, 0.1) is 11.4 Å². The van der Waals surface area contributed by atoms with E-state index < -0.39 is 5.97 Å². The van der Waals surface area contributed by atoms with E-state index in [-0.39, 0.29) is 10.8 Å². The number of rotatable bonds is 4. The largest absolute Gasteiger partial charge is 0.476 e. The average Bonchev–Trinajstić information content (AvgIpc) is 3.12. The Morgan fingerprint density at radius 2 is 1.65 bits per heavy atom. The Morgan fingerprint density at radius 1 is 0.903 bits per heavy atom. The summed E-state index contributed by atoms with van der Waals surface area (Å²) in [5.74, 6) is -0.625. The van der Waals surface area contributed by atoms with Gasteiger partial charge in [0.1, 0.15) is 11.0 Å². The van der Waals surface area contributed by atoms with Crippen molar-refractivity contribution in [3.8, 4) is 28.3 Å². The van der Waals surface area contributed by atoms with Crippen LogP contribution in [0.5, 0.6) is 0 Å². The lowest BCUT2D eigenvalue weighted by atomic mass is 10.1. The highest BCUT2D eigenvalue weighted by Crippen LogP contribution is 2.36. The smallest absolute Gasteiger partial charge is 0.356 e. The third kappa shape index (κ3) is 3.94. The molecule has 0 aliphatic heterocycles. The minimum atomic E-state index is -1.13. The first-order chi connectivity index (χ1) is 14.8. The molecule has 0 spiro atoms. The molecule has 0 radical (unpaired) electrons. The normalized spacial score (nSPS) is 11.0. The van der Waals surface area contributed by atoms with Crippen LogP contribution in [0.4, 0.5) is 0 Å². The maximum absolute atomic E-state index is 12.2. The van der Waals surface area contributed by atoms with Crippen LogP contribution in [0.1, 0.15) is 27.2 Å². The lowest BCUT2D eigenvalue weighted by Gasteiger charge is -2.16. The highest BCUT2D eigenvalue weighted by Gasteiger charge is 2.26. The monoisotopic (exact) mass is 451 g/mol. The van der Waals surface area contributed by atoms with Crippen LogP contribution >= 0.6 is 23.2 Å². The molecule has 4 aromatic rings. The van der Waals surface area contributed by atoms with Crippen molar-refractivity contribution in [3.05, 3.63) is 87.3 Å². The maximum atomic E-state index is 12.2. The Bertz CT molecular complexity index is 1330. The quantitative estimate of drug-likeness (QED) is 0.358. The van der Waals surface area contributed by atoms with Crippen molar-refractivity contribution in [2.24, 2.45) is 0 Å². The van der Waals surface area contributed by atoms with Crippen LogP contribution in [0.15, 0.2) is 54.7 Å². The summed E-state index contributed by atoms with van der Waals surface area (Å²) in [4.78, 5) is 20.8. The summed E-state index contributed by atoms with van der Waals surface area (Å²) in [6, 6.07) is 14.8. The third-order valence-electron chi connectivity index (χ3n) is 5.26. The Hall–Kier alpha value is -3.15. The van der Waals surface area contributed by atoms with E-state index in [0.29, 0.717) is 22.1 Å². The van der Waals surface area contributed by atoms with Crippen molar-refractivity contribution in [1.82, 2.24) is 14.5 Å². The van der Waals surface area contributed by atoms with Crippen molar-refractivity contribution in [2.75, 3.05) is 0 Å². The van der Waals surface area contributed by atoms with Gasteiger partial charge in [-0.1, -0.05) is 41.4 Å². The van der Waals surface area contributed by atoms with Crippen molar-refractivity contribution < 1.29 is 9.90 Å². The fourth-order valence-corrected chi connectivity index (χ4v) is 3.86. The molecular weight excluding hydrogens is 433 g/mol. The van der Waals surface area contributed by atoms with E-state index in [2.05, 4.69) is 9.97 Å². The van der Waals surface area contributed by atoms with Gasteiger partial charge >= 0.3 is 5.97 Å². The molecule has 0 unspecified atom stereocenters. The fourth-order valence-electron chi connectivity index (χ4n) is 3.52. The molecule has 0 atom stereocenters. The minimum absolute atomic E-state index is 0.0742. The molecular formula is C24H19Cl2N3O2. The summed E-state index contributed by atoms with van der Waals surface area (Å²) >= 11 is 12.5. The van der Waals surface area contributed by atoms with Crippen molar-refractivity contribution in [1.29, 1.82) is 0 Å². The van der Waals surface area contributed by atoms with Gasteiger partial charge in [-0.3, -0.25) is 4.57 Å². The van der Waals surface area contributed by atoms with E-state index in [1.165, 1.54) is 0 Å². The number of imidazole rings is 1. The van der Waals surface area contributed by atoms with E-state index >= 15 is 0 Å². The first-order valence-corrected chi connectivity index (χ1v) is 10.3. The summed E-state index contributed by atoms with van der Waals surface area (Å²) < 4.78 is 1.83. The number of nitrogens with zero attached hydrogens (tertiary/aromatic N) is 3. The molecule has 0 aliphatic carbocycles. The second-order valence-corrected chi connectivity index (χ2v) is 8.19. The standard InChI is InChI=1S/C24H19Cl2N3O2/c1-13-4-6-17(10-15(13)3)23-28-21(24(30)31)22(16-8-9-27-20(26)11-16)29(23)19-12-18(25)7-5-14(19)2/h4-12H,1-3H3,(H,30,31). The van der Waals surface area contributed by atoms with Gasteiger partial charge in [0.25, 0.3) is 0 Å². The maximum Gasteiger partial charge on any atom is 0.356 e. The molecule has 0 amide bonds. The van der Waals surface area contributed by atoms with Crippen molar-refractivity contribution in [3.63, 3.8) is 0 Å². The van der Waals surface area contributed by atoms with Gasteiger partial charge in [0.15, 0.2) is 5.69 Å². The predicted octanol–water partition coefficient (Wildman–Crippen LogP) is 6.53. The van der Waals surface area contributed by atoms with Crippen LogP contribution in [0.2, 0.25) is 10.2 Å². The number of benzene rings is 2. The molecule has 0 saturated carbocycles. The number of carboxylic acids is 1. The minimum Gasteiger partial charge on any atom is -0.476 e. The topological polar surface area (TPSA) is 68.0 Å². The number of aryl methyl sites for hydroxylation is 3. The first-order valence-electron chi connectivity index (χ1n) is 9.58. The number of hydrogen-bond donors (Lipinski definition) is 1. The Labute approximate surface area is 189 Å². The van der Waals surface area contributed by atoms with Crippen LogP contribution in [0.3, 0.4) is 0 Å². The number of pyridine rings is 1. The predicted molar refractivity (Wildman–Crippen MR) is 123 cm³/mol. The van der Waals surface area contributed by atoms with E-state index in [4.69, 9.17) is 23.2 Å². The van der Waals surface area contributed by atoms with Gasteiger partial charge in [-0.05, 0) is 67.8 Å². The lowest BCUT2D eigenvalue weighted by Crippen LogP contribution is -2.05. The summed E-state index contributed by atoms with van der Waals surface area (Å²) in [5, 5.41) is 10.8. The third-order valence-corrected chi connectivity index (χ3v) is 5.70. The van der Waals surface area contributed by atoms with Crippen LogP contribution in [-0.4, -0.2) is 25.6 Å². The van der Waals surface area contributed by atoms with E-state index in [0.717, 1.165) is 27.9 Å². The zero-order chi connectivity index (χ0) is 22.3. The van der Waals surface area contributed by atoms with Gasteiger partial charge in [-0.25, -0.2) is 14.8 Å². The number of halogens is 2. The SMILES string of the molecule is Cc1ccc(-c2nc(C(=O)O)c(-c3ccnc(Cl)c3)n2-c2cc(Cl)ccc2C)cc1C. The molecule has 4 rings (SSSR count). The van der Waals surface area contributed by atoms with Crippen LogP contribution < -0.4 is 0 Å². The summed E-state index contributed by atoms with van der Waals surface area (Å²) in [6.07, 6.45) is 1.54. The number of carbonyl (C=O) groups is 1. The zero-order valence-electron chi connectivity index (χ0n) is 17.1. The van der Waals surface area contributed by atoms with Crippen LogP contribution in [0.25, 0.3) is 28.3 Å². The Balaban J connectivity index is 2.15. The van der Waals surface area contributed by atoms with Gasteiger partial charge in [0.2, 0.25) is 0 Å². The zero-order valence-corrected chi connectivity index (χ0v) is 18.7. The molecule has 1 N–H and O–H groups in total. The second kappa shape index (κ2) is 8.17. The fraction of sp³-hybridized carbons (Fsp3) is 0.125. The van der Waals surface area contributed by atoms with E-state index in [9.17, 15) is 9.90 Å². The van der Waals surface area contributed by atoms with Crippen LogP contribution in [-0.2, 0) is 0 Å². The highest BCUT2D eigenvalue weighted by atomic mass is 35.5. The van der Waals surface area contributed by atoms with Gasteiger partial charge in [-0.15, -0.1) is 0 Å². The molecule has 5 nitrogen and oxygen atoms in total. The van der Waals surface area contributed by atoms with Gasteiger partial charge in [0, 0.05) is 22.3 Å². The lowest BCUT2D eigenvalue weighted by molar-refractivity contribution is 0.0692. The Morgan fingerprint density at radius 3 is 2.32 bits per heavy atom. The van der Waals surface area contributed by atoms with Crippen molar-refractivity contribution in [2.45, 2.75) is 20.8 Å². The van der Waals surface area contributed by atoms with E-state index in [1.807, 2.05) is 49.6 Å². The molecule has 0 fully saturated rings. The molecule has 2 aromatic carbocycles. The molecule has 156 valence electrons. The molecule has 0 aliphatic rings. The Kier molecular flexibility index (Phi) is 5.56. The molecule has 7 heteroatoms. The van der Waals surface area contributed by atoms with Gasteiger partial charge in [-0.2, -0.15) is 0 Å². The molecule has 0 saturated heterocycles. The number of aromatic nitrogens is 3. The number of carboxylic acid groups (broad SMARTS) is 1. The molecule has 2 aromatic heterocycles. The summed E-state index contributed by atoms with van der Waals surface area (Å²) in [5.41, 5.74) is 5.62. The average molecular weight is 452 g/mol. The second-order valence-electron chi connectivity index (χ2n) is 7.37. The summed E-state index contributed by atoms with van der Waals surface area (Å²) in [6.45, 7) is 5.98. The van der Waals surface area contributed by atoms with Crippen LogP contribution in [0, 0.1) is 20.8 Å². The molecule has 2 heterocycles. The first kappa shape index (κ1) is 21.1.